The number of aliphatic hydroxyl groups excluding tert-OH is 4. The lowest BCUT2D eigenvalue weighted by molar-refractivity contribution is -0.338. The molecule has 0 spiro atoms. The number of hydrogen-bond acceptors (Lipinski definition) is 14. The Balaban J connectivity index is 1.99. The number of rotatable bonds is 10. The second-order valence-corrected chi connectivity index (χ2v) is 17.3. The smallest absolute Gasteiger partial charge is 0.404 e. The molecule has 60 heavy (non-hydrogen) atoms. The van der Waals surface area contributed by atoms with E-state index in [0.29, 0.717) is 12.0 Å². The predicted molar refractivity (Wildman–Crippen MR) is 224 cm³/mol. The molecule has 10 unspecified atom stereocenters. The first-order chi connectivity index (χ1) is 28.1. The third kappa shape index (κ3) is 13.2. The Morgan fingerprint density at radius 1 is 1.05 bits per heavy atom. The molecular weight excluding hydrogens is 778 g/mol. The quantitative estimate of drug-likeness (QED) is 0.131. The Morgan fingerprint density at radius 3 is 2.30 bits per heavy atom. The zero-order valence-corrected chi connectivity index (χ0v) is 37.5. The third-order valence-electron chi connectivity index (χ3n) is 12.5. The van der Waals surface area contributed by atoms with E-state index in [-0.39, 0.29) is 36.4 Å². The summed E-state index contributed by atoms with van der Waals surface area (Å²) in [5.41, 5.74) is 6.76. The van der Waals surface area contributed by atoms with Crippen LogP contribution < -0.4 is 5.73 Å². The van der Waals surface area contributed by atoms with Gasteiger partial charge in [0, 0.05) is 49.5 Å². The van der Waals surface area contributed by atoms with Gasteiger partial charge in [0.1, 0.15) is 12.2 Å². The predicted octanol–water partition coefficient (Wildman–Crippen LogP) is 4.59. The number of carbonyl (C=O) groups excluding carboxylic acids is 2. The van der Waals surface area contributed by atoms with Crippen LogP contribution in [-0.4, -0.2) is 125 Å². The Morgan fingerprint density at radius 2 is 1.72 bits per heavy atom. The normalized spacial score (nSPS) is 42.7. The largest absolute Gasteiger partial charge is 0.490 e. The highest BCUT2D eigenvalue weighted by Crippen LogP contribution is 2.42. The van der Waals surface area contributed by atoms with Gasteiger partial charge < -0.3 is 64.4 Å². The maximum atomic E-state index is 13.9. The summed E-state index contributed by atoms with van der Waals surface area (Å²) in [5, 5.41) is 57.6. The van der Waals surface area contributed by atoms with Gasteiger partial charge in [0.15, 0.2) is 18.2 Å². The minimum Gasteiger partial charge on any atom is -0.490 e. The number of amides is 1. The highest BCUT2D eigenvalue weighted by Gasteiger charge is 2.52. The van der Waals surface area contributed by atoms with E-state index in [1.165, 1.54) is 20.3 Å². The molecule has 0 bridgehead atoms. The standard InChI is InChI=1S/C45H73NO14/c1-13-15-33-27(6)36(57-37-21-32(47)42(31(10)56-37)59-44(46)52)22-45(53,60-33)30(9)40(50)29(8)41-34(54-11)17-14-16-23(2)18-25(4)38(48)28(7)39(49)26(5)19-24(3)20-35(55-12)43(51)58-41/h13-17,19-20,25-34,36-42,47-50,53H,18,21-22H2,1-12H3,(H2,46,52)/b15-13+,17-14-,23-16+,24-19+,35-20+/t25?,26?,27-,28?,29?,30?,31-,32-,33-,34?,36-,37+,38?,39?,40?,41?,42-,45-/m1/s1. The Hall–Kier alpha value is -3.12. The third-order valence-corrected chi connectivity index (χ3v) is 12.5. The zero-order valence-electron chi connectivity index (χ0n) is 37.5. The minimum atomic E-state index is -1.97. The first-order valence-corrected chi connectivity index (χ1v) is 21.1. The summed E-state index contributed by atoms with van der Waals surface area (Å²) < 4.78 is 41.3. The topological polar surface area (TPSA) is 226 Å². The van der Waals surface area contributed by atoms with Crippen molar-refractivity contribution in [2.75, 3.05) is 14.2 Å². The lowest BCUT2D eigenvalue weighted by atomic mass is 9.77. The van der Waals surface area contributed by atoms with Crippen LogP contribution >= 0.6 is 0 Å². The number of primary amides is 1. The number of ether oxygens (including phenoxy) is 7. The summed E-state index contributed by atoms with van der Waals surface area (Å²) in [6.07, 6.45) is 1.54. The van der Waals surface area contributed by atoms with Gasteiger partial charge in [0.2, 0.25) is 5.76 Å². The lowest BCUT2D eigenvalue weighted by Crippen LogP contribution is -2.59. The van der Waals surface area contributed by atoms with Crippen molar-refractivity contribution in [3.63, 3.8) is 0 Å². The van der Waals surface area contributed by atoms with Crippen molar-refractivity contribution in [3.05, 3.63) is 59.4 Å². The summed E-state index contributed by atoms with van der Waals surface area (Å²) >= 11 is 0. The molecule has 3 heterocycles. The summed E-state index contributed by atoms with van der Waals surface area (Å²) in [6.45, 7) is 18.0. The first kappa shape index (κ1) is 51.2. The number of nitrogens with two attached hydrogens (primary N) is 1. The van der Waals surface area contributed by atoms with E-state index in [4.69, 9.17) is 38.9 Å². The van der Waals surface area contributed by atoms with Crippen LogP contribution in [0.2, 0.25) is 0 Å². The number of hydrogen-bond donors (Lipinski definition) is 6. The van der Waals surface area contributed by atoms with Crippen LogP contribution in [0.25, 0.3) is 0 Å². The van der Waals surface area contributed by atoms with Crippen LogP contribution in [0.4, 0.5) is 4.79 Å². The molecule has 0 radical (unpaired) electrons. The van der Waals surface area contributed by atoms with Gasteiger partial charge in [-0.25, -0.2) is 9.59 Å². The van der Waals surface area contributed by atoms with E-state index < -0.39 is 103 Å². The Labute approximate surface area is 356 Å². The maximum Gasteiger partial charge on any atom is 0.404 e. The van der Waals surface area contributed by atoms with E-state index in [1.54, 1.807) is 58.1 Å². The van der Waals surface area contributed by atoms with Gasteiger partial charge in [0.25, 0.3) is 0 Å². The second-order valence-electron chi connectivity index (χ2n) is 17.3. The Kier molecular flexibility index (Phi) is 19.5. The average molecular weight is 852 g/mol. The lowest BCUT2D eigenvalue weighted by Gasteiger charge is -2.49. The van der Waals surface area contributed by atoms with Crippen LogP contribution in [0.3, 0.4) is 0 Å². The molecule has 3 aliphatic heterocycles. The molecule has 0 aromatic carbocycles. The molecule has 0 aliphatic carbocycles. The monoisotopic (exact) mass is 852 g/mol. The molecule has 0 aromatic heterocycles. The number of allylic oxidation sites excluding steroid dienone is 6. The van der Waals surface area contributed by atoms with Gasteiger partial charge in [0.05, 0.1) is 49.8 Å². The van der Waals surface area contributed by atoms with Crippen molar-refractivity contribution in [3.8, 4) is 0 Å². The summed E-state index contributed by atoms with van der Waals surface area (Å²) in [7, 11) is 2.80. The molecule has 2 fully saturated rings. The highest BCUT2D eigenvalue weighted by atomic mass is 16.7. The van der Waals surface area contributed by atoms with Crippen LogP contribution in [0, 0.1) is 35.5 Å². The molecule has 15 nitrogen and oxygen atoms in total. The SMILES string of the molecule is C/C=C/[C@H]1O[C@@](O)(C(C)C(O)C(C)C2OC(=O)/C(OC)=C\C(C)=C\C(C)C(O)C(C)C(O)C(C)C/C(C)=C/C=C\C2OC)C[C@@H](O[C@H]2C[C@@H](O)[C@H](OC(N)=O)[C@@H](C)O2)[C@@H]1C. The van der Waals surface area contributed by atoms with Gasteiger partial charge in [-0.1, -0.05) is 89.1 Å². The van der Waals surface area contributed by atoms with Crippen molar-refractivity contribution in [2.24, 2.45) is 41.2 Å². The van der Waals surface area contributed by atoms with Gasteiger partial charge in [-0.05, 0) is 46.1 Å². The fraction of sp³-hybridized carbons (Fsp3) is 0.733. The van der Waals surface area contributed by atoms with Gasteiger partial charge in [-0.3, -0.25) is 0 Å². The molecular formula is C45H73NO14. The van der Waals surface area contributed by atoms with E-state index in [9.17, 15) is 35.1 Å². The molecule has 1 amide bonds. The van der Waals surface area contributed by atoms with Crippen LogP contribution in [-0.2, 0) is 38.0 Å². The van der Waals surface area contributed by atoms with Crippen LogP contribution in [0.15, 0.2) is 59.4 Å². The molecule has 3 rings (SSSR count). The number of esters is 1. The summed E-state index contributed by atoms with van der Waals surface area (Å²) in [6, 6.07) is 0. The molecule has 342 valence electrons. The second kappa shape index (κ2) is 22.8. The van der Waals surface area contributed by atoms with E-state index >= 15 is 0 Å². The number of carbonyl (C=O) groups is 2. The van der Waals surface area contributed by atoms with Gasteiger partial charge in [-0.15, -0.1) is 0 Å². The molecule has 18 atom stereocenters. The summed E-state index contributed by atoms with van der Waals surface area (Å²) in [5.74, 6) is -6.06. The van der Waals surface area contributed by atoms with E-state index in [0.717, 1.165) is 5.57 Å². The minimum absolute atomic E-state index is 0.0314. The molecule has 3 aliphatic rings. The molecule has 0 aromatic rings. The fourth-order valence-corrected chi connectivity index (χ4v) is 8.64. The van der Waals surface area contributed by atoms with Crippen molar-refractivity contribution in [1.29, 1.82) is 0 Å². The summed E-state index contributed by atoms with van der Waals surface area (Å²) in [4.78, 5) is 25.3. The van der Waals surface area contributed by atoms with Crippen molar-refractivity contribution >= 4 is 12.1 Å². The van der Waals surface area contributed by atoms with E-state index in [1.807, 2.05) is 47.6 Å². The average Bonchev–Trinajstić information content (AvgIpc) is 3.18. The van der Waals surface area contributed by atoms with Crippen molar-refractivity contribution in [1.82, 2.24) is 0 Å². The fourth-order valence-electron chi connectivity index (χ4n) is 8.64. The molecule has 15 heteroatoms. The van der Waals surface area contributed by atoms with Crippen molar-refractivity contribution in [2.45, 2.75) is 162 Å². The molecule has 0 saturated carbocycles. The van der Waals surface area contributed by atoms with E-state index in [2.05, 4.69) is 0 Å². The van der Waals surface area contributed by atoms with Crippen LogP contribution in [0.5, 0.6) is 0 Å². The molecule has 7 N–H and O–H groups in total. The number of cyclic esters (lactones) is 1. The Bertz CT molecular complexity index is 1550. The highest BCUT2D eigenvalue weighted by molar-refractivity contribution is 5.87. The van der Waals surface area contributed by atoms with Gasteiger partial charge >= 0.3 is 12.1 Å². The molecule has 2 saturated heterocycles. The van der Waals surface area contributed by atoms with Gasteiger partial charge in [-0.2, -0.15) is 0 Å². The first-order valence-electron chi connectivity index (χ1n) is 21.1. The number of methoxy groups -OCH3 is 2. The zero-order chi connectivity index (χ0) is 45.2. The van der Waals surface area contributed by atoms with Crippen molar-refractivity contribution < 1.29 is 68.3 Å². The van der Waals surface area contributed by atoms with Crippen LogP contribution in [0.1, 0.15) is 88.5 Å². The number of aliphatic hydroxyl groups is 5. The maximum absolute atomic E-state index is 13.9.